The van der Waals surface area contributed by atoms with E-state index in [1.165, 1.54) is 17.7 Å². The highest BCUT2D eigenvalue weighted by Crippen LogP contribution is 2.50. The zero-order valence-electron chi connectivity index (χ0n) is 12.5. The summed E-state index contributed by atoms with van der Waals surface area (Å²) >= 11 is 0. The van der Waals surface area contributed by atoms with Crippen LogP contribution in [0.15, 0.2) is 48.5 Å². The summed E-state index contributed by atoms with van der Waals surface area (Å²) in [7, 11) is 0. The van der Waals surface area contributed by atoms with Gasteiger partial charge in [-0.1, -0.05) is 36.4 Å². The van der Waals surface area contributed by atoms with Crippen LogP contribution in [0.25, 0.3) is 0 Å². The molecule has 0 saturated carbocycles. The van der Waals surface area contributed by atoms with Gasteiger partial charge in [0.15, 0.2) is 0 Å². The number of nitrogens with one attached hydrogen (secondary N) is 1. The Morgan fingerprint density at radius 1 is 1.17 bits per heavy atom. The van der Waals surface area contributed by atoms with Crippen LogP contribution >= 0.6 is 0 Å². The van der Waals surface area contributed by atoms with E-state index in [1.54, 1.807) is 12.1 Å². The summed E-state index contributed by atoms with van der Waals surface area (Å²) in [5.41, 5.74) is 2.62. The molecule has 0 radical (unpaired) electrons. The number of carbonyl (C=O) groups is 2. The molecule has 116 valence electrons. The van der Waals surface area contributed by atoms with E-state index in [4.69, 9.17) is 0 Å². The number of hydrogen-bond donors (Lipinski definition) is 1. The minimum atomic E-state index is -0.622. The van der Waals surface area contributed by atoms with Crippen molar-refractivity contribution in [2.75, 3.05) is 0 Å². The predicted molar refractivity (Wildman–Crippen MR) is 83.1 cm³/mol. The standard InChI is InChI=1S/C19H16FNO2/c20-14-7-5-12(6-8-14)10-19-16-4-2-1-3-13(16)9-17(19)15(11-22)18(23)21-19/h1-8,11,15,17H,9-10H2,(H,21,23). The van der Waals surface area contributed by atoms with Crippen LogP contribution in [0.3, 0.4) is 0 Å². The van der Waals surface area contributed by atoms with E-state index >= 15 is 0 Å². The van der Waals surface area contributed by atoms with Gasteiger partial charge in [-0.25, -0.2) is 4.39 Å². The third kappa shape index (κ3) is 2.01. The van der Waals surface area contributed by atoms with Crippen LogP contribution in [0.5, 0.6) is 0 Å². The van der Waals surface area contributed by atoms with E-state index in [-0.39, 0.29) is 17.6 Å². The number of hydrogen-bond acceptors (Lipinski definition) is 2. The molecule has 1 heterocycles. The second kappa shape index (κ2) is 5.01. The van der Waals surface area contributed by atoms with Crippen LogP contribution < -0.4 is 5.32 Å². The molecule has 1 N–H and O–H groups in total. The summed E-state index contributed by atoms with van der Waals surface area (Å²) in [6.07, 6.45) is 2.03. The third-order valence-corrected chi connectivity index (χ3v) is 5.20. The van der Waals surface area contributed by atoms with Crippen molar-refractivity contribution in [3.8, 4) is 0 Å². The van der Waals surface area contributed by atoms with Crippen molar-refractivity contribution in [1.82, 2.24) is 5.32 Å². The van der Waals surface area contributed by atoms with E-state index in [0.29, 0.717) is 12.8 Å². The Morgan fingerprint density at radius 2 is 1.91 bits per heavy atom. The van der Waals surface area contributed by atoms with Crippen molar-refractivity contribution < 1.29 is 14.0 Å². The van der Waals surface area contributed by atoms with Crippen LogP contribution in [0, 0.1) is 17.7 Å². The summed E-state index contributed by atoms with van der Waals surface area (Å²) < 4.78 is 13.2. The lowest BCUT2D eigenvalue weighted by atomic mass is 9.77. The van der Waals surface area contributed by atoms with Crippen molar-refractivity contribution in [2.45, 2.75) is 18.4 Å². The summed E-state index contributed by atoms with van der Waals surface area (Å²) in [4.78, 5) is 23.7. The molecule has 2 aromatic carbocycles. The van der Waals surface area contributed by atoms with Gasteiger partial charge in [-0.05, 0) is 35.2 Å². The number of rotatable bonds is 3. The molecule has 1 fully saturated rings. The molecule has 0 spiro atoms. The zero-order chi connectivity index (χ0) is 16.0. The molecule has 3 atom stereocenters. The fraction of sp³-hybridized carbons (Fsp3) is 0.263. The average Bonchev–Trinajstić information content (AvgIpc) is 2.99. The first kappa shape index (κ1) is 14.1. The van der Waals surface area contributed by atoms with E-state index < -0.39 is 11.5 Å². The second-order valence-electron chi connectivity index (χ2n) is 6.39. The maximum atomic E-state index is 13.2. The second-order valence-corrected chi connectivity index (χ2v) is 6.39. The highest BCUT2D eigenvalue weighted by molar-refractivity contribution is 5.95. The van der Waals surface area contributed by atoms with Crippen LogP contribution in [0.4, 0.5) is 4.39 Å². The van der Waals surface area contributed by atoms with E-state index in [2.05, 4.69) is 5.32 Å². The molecular weight excluding hydrogens is 293 g/mol. The van der Waals surface area contributed by atoms with Gasteiger partial charge in [0.1, 0.15) is 12.1 Å². The highest BCUT2D eigenvalue weighted by Gasteiger charge is 2.57. The Kier molecular flexibility index (Phi) is 3.08. The van der Waals surface area contributed by atoms with E-state index in [0.717, 1.165) is 17.4 Å². The van der Waals surface area contributed by atoms with Crippen LogP contribution in [-0.2, 0) is 28.0 Å². The van der Waals surface area contributed by atoms with Gasteiger partial charge in [0.05, 0.1) is 11.5 Å². The topological polar surface area (TPSA) is 46.2 Å². The zero-order valence-corrected chi connectivity index (χ0v) is 12.5. The molecule has 0 aromatic heterocycles. The fourth-order valence-electron chi connectivity index (χ4n) is 4.18. The Morgan fingerprint density at radius 3 is 2.65 bits per heavy atom. The minimum Gasteiger partial charge on any atom is -0.345 e. The maximum absolute atomic E-state index is 13.2. The first-order chi connectivity index (χ1) is 11.1. The lowest BCUT2D eigenvalue weighted by Gasteiger charge is -2.31. The molecule has 3 unspecified atom stereocenters. The number of carbonyl (C=O) groups excluding carboxylic acids is 2. The van der Waals surface area contributed by atoms with Crippen LogP contribution in [0.1, 0.15) is 16.7 Å². The van der Waals surface area contributed by atoms with Gasteiger partial charge < -0.3 is 10.1 Å². The molecule has 1 aliphatic heterocycles. The minimum absolute atomic E-state index is 0.0880. The van der Waals surface area contributed by atoms with Crippen molar-refractivity contribution in [3.63, 3.8) is 0 Å². The van der Waals surface area contributed by atoms with Gasteiger partial charge in [-0.3, -0.25) is 4.79 Å². The molecule has 2 aliphatic rings. The lowest BCUT2D eigenvalue weighted by molar-refractivity contribution is -0.127. The molecule has 4 heteroatoms. The first-order valence-electron chi connectivity index (χ1n) is 7.74. The molecule has 3 nitrogen and oxygen atoms in total. The van der Waals surface area contributed by atoms with Gasteiger partial charge in [0, 0.05) is 12.3 Å². The summed E-state index contributed by atoms with van der Waals surface area (Å²) in [5, 5.41) is 3.09. The smallest absolute Gasteiger partial charge is 0.231 e. The van der Waals surface area contributed by atoms with Crippen LogP contribution in [-0.4, -0.2) is 12.2 Å². The third-order valence-electron chi connectivity index (χ3n) is 5.20. The van der Waals surface area contributed by atoms with Crippen molar-refractivity contribution in [1.29, 1.82) is 0 Å². The van der Waals surface area contributed by atoms with Gasteiger partial charge in [0.2, 0.25) is 5.91 Å². The molecule has 0 bridgehead atoms. The predicted octanol–water partition coefficient (Wildman–Crippen LogP) is 2.38. The molecule has 23 heavy (non-hydrogen) atoms. The Hall–Kier alpha value is -2.49. The highest BCUT2D eigenvalue weighted by atomic mass is 19.1. The number of halogens is 1. The monoisotopic (exact) mass is 309 g/mol. The average molecular weight is 309 g/mol. The fourth-order valence-corrected chi connectivity index (χ4v) is 4.18. The van der Waals surface area contributed by atoms with E-state index in [9.17, 15) is 14.0 Å². The SMILES string of the molecule is O=CC1C(=O)NC2(Cc3ccc(F)cc3)c3ccccc3CC12. The Labute approximate surface area is 133 Å². The van der Waals surface area contributed by atoms with Gasteiger partial charge in [-0.2, -0.15) is 0 Å². The van der Waals surface area contributed by atoms with Gasteiger partial charge >= 0.3 is 0 Å². The molecule has 1 aliphatic carbocycles. The van der Waals surface area contributed by atoms with Crippen molar-refractivity contribution >= 4 is 12.2 Å². The first-order valence-corrected chi connectivity index (χ1v) is 7.74. The number of fused-ring (bicyclic) bond motifs is 3. The molecule has 4 rings (SSSR count). The van der Waals surface area contributed by atoms with Gasteiger partial charge in [0.25, 0.3) is 0 Å². The lowest BCUT2D eigenvalue weighted by Crippen LogP contribution is -2.42. The number of amides is 1. The summed E-state index contributed by atoms with van der Waals surface area (Å²) in [6.45, 7) is 0. The molecule has 1 amide bonds. The number of aldehydes is 1. The van der Waals surface area contributed by atoms with Crippen LogP contribution in [0.2, 0.25) is 0 Å². The van der Waals surface area contributed by atoms with E-state index in [1.807, 2.05) is 24.3 Å². The Balaban J connectivity index is 1.82. The normalized spacial score (nSPS) is 28.1. The Bertz CT molecular complexity index is 786. The quantitative estimate of drug-likeness (QED) is 0.699. The van der Waals surface area contributed by atoms with Crippen molar-refractivity contribution in [2.24, 2.45) is 11.8 Å². The largest absolute Gasteiger partial charge is 0.345 e. The maximum Gasteiger partial charge on any atom is 0.231 e. The summed E-state index contributed by atoms with van der Waals surface area (Å²) in [5.74, 6) is -1.20. The number of benzene rings is 2. The van der Waals surface area contributed by atoms with Gasteiger partial charge in [-0.15, -0.1) is 0 Å². The molecular formula is C19H16FNO2. The van der Waals surface area contributed by atoms with Crippen molar-refractivity contribution in [3.05, 3.63) is 71.0 Å². The molecule has 1 saturated heterocycles. The summed E-state index contributed by atoms with van der Waals surface area (Å²) in [6, 6.07) is 14.3. The molecule has 2 aromatic rings.